The molecule has 3 aromatic rings. The summed E-state index contributed by atoms with van der Waals surface area (Å²) in [6.45, 7) is 2.50. The number of halogens is 3. The van der Waals surface area contributed by atoms with Gasteiger partial charge in [-0.2, -0.15) is 23.2 Å². The Morgan fingerprint density at radius 3 is 2.44 bits per heavy atom. The van der Waals surface area contributed by atoms with Crippen molar-refractivity contribution in [1.29, 1.82) is 5.26 Å². The predicted octanol–water partition coefficient (Wildman–Crippen LogP) is 4.38. The standard InChI is InChI=1S/C20H18F3N4O6PS2/c1-2-9-32-15-6-3-13(4-7-15)18-26-27-19(35-18)36(30,31)25-12-34(28,29)33-16-8-5-14(11-24)17(10-16)20(21,22)23/h3-8,10,25H,2,9,12H2,1H3,(H,28,29). The summed E-state index contributed by atoms with van der Waals surface area (Å²) < 4.78 is 88.2. The molecular weight excluding hydrogens is 544 g/mol. The zero-order valence-electron chi connectivity index (χ0n) is 18.4. The van der Waals surface area contributed by atoms with Gasteiger partial charge in [-0.25, -0.2) is 13.0 Å². The molecule has 0 aliphatic carbocycles. The molecule has 0 aliphatic rings. The van der Waals surface area contributed by atoms with Crippen LogP contribution in [0.5, 0.6) is 11.5 Å². The average molecular weight is 562 g/mol. The lowest BCUT2D eigenvalue weighted by atomic mass is 10.1. The second-order valence-electron chi connectivity index (χ2n) is 7.10. The van der Waals surface area contributed by atoms with Crippen LogP contribution in [0.15, 0.2) is 46.8 Å². The normalized spacial score (nSPS) is 13.6. The van der Waals surface area contributed by atoms with E-state index in [1.807, 2.05) is 11.6 Å². The first-order valence-corrected chi connectivity index (χ1v) is 14.1. The van der Waals surface area contributed by atoms with Crippen molar-refractivity contribution >= 4 is 29.0 Å². The number of nitrogens with one attached hydrogen (secondary N) is 1. The van der Waals surface area contributed by atoms with Gasteiger partial charge in [0.15, 0.2) is 0 Å². The van der Waals surface area contributed by atoms with E-state index in [0.717, 1.165) is 18.6 Å². The maximum Gasteiger partial charge on any atom is 0.417 e. The molecule has 36 heavy (non-hydrogen) atoms. The van der Waals surface area contributed by atoms with E-state index in [9.17, 15) is 31.0 Å². The van der Waals surface area contributed by atoms with Gasteiger partial charge in [-0.15, -0.1) is 10.2 Å². The van der Waals surface area contributed by atoms with Gasteiger partial charge in [0.2, 0.25) is 4.34 Å². The maximum absolute atomic E-state index is 13.1. The number of sulfonamides is 1. The Morgan fingerprint density at radius 1 is 1.17 bits per heavy atom. The van der Waals surface area contributed by atoms with E-state index >= 15 is 0 Å². The molecule has 0 saturated heterocycles. The van der Waals surface area contributed by atoms with Crippen LogP contribution in [0.3, 0.4) is 0 Å². The van der Waals surface area contributed by atoms with Gasteiger partial charge in [-0.1, -0.05) is 18.3 Å². The molecule has 3 rings (SSSR count). The van der Waals surface area contributed by atoms with Crippen LogP contribution in [-0.4, -0.2) is 36.4 Å². The van der Waals surface area contributed by atoms with Gasteiger partial charge in [0.1, 0.15) is 22.8 Å². The van der Waals surface area contributed by atoms with E-state index in [1.54, 1.807) is 24.3 Å². The van der Waals surface area contributed by atoms with Crippen LogP contribution in [0, 0.1) is 11.3 Å². The van der Waals surface area contributed by atoms with E-state index in [-0.39, 0.29) is 5.01 Å². The molecule has 10 nitrogen and oxygen atoms in total. The second-order valence-corrected chi connectivity index (χ2v) is 11.8. The van der Waals surface area contributed by atoms with Gasteiger partial charge in [0.25, 0.3) is 10.0 Å². The molecule has 0 spiro atoms. The van der Waals surface area contributed by atoms with Gasteiger partial charge < -0.3 is 14.2 Å². The van der Waals surface area contributed by atoms with Crippen LogP contribution in [0.2, 0.25) is 0 Å². The predicted molar refractivity (Wildman–Crippen MR) is 123 cm³/mol. The molecule has 0 saturated carbocycles. The third kappa shape index (κ3) is 7.02. The van der Waals surface area contributed by atoms with Gasteiger partial charge in [-0.05, 0) is 48.9 Å². The molecule has 1 aromatic heterocycles. The fraction of sp³-hybridized carbons (Fsp3) is 0.250. The molecule has 2 N–H and O–H groups in total. The largest absolute Gasteiger partial charge is 0.494 e. The van der Waals surface area contributed by atoms with Crippen LogP contribution in [-0.2, 0) is 20.8 Å². The van der Waals surface area contributed by atoms with Crippen molar-refractivity contribution in [1.82, 2.24) is 14.9 Å². The Kier molecular flexibility index (Phi) is 8.37. The summed E-state index contributed by atoms with van der Waals surface area (Å²) in [6.07, 6.45) is -5.24. The SMILES string of the molecule is CCCOc1ccc(-c2nnc(S(=O)(=O)NCP(=O)(O)Oc3ccc(C#N)c(C(F)(F)F)c3)s2)cc1. The fourth-order valence-electron chi connectivity index (χ4n) is 2.69. The number of benzene rings is 2. The van der Waals surface area contributed by atoms with Crippen LogP contribution in [0.1, 0.15) is 24.5 Å². The minimum atomic E-state index is -4.91. The van der Waals surface area contributed by atoms with Crippen LogP contribution >= 0.6 is 18.9 Å². The highest BCUT2D eigenvalue weighted by Crippen LogP contribution is 2.43. The van der Waals surface area contributed by atoms with E-state index < -0.39 is 51.3 Å². The first-order chi connectivity index (χ1) is 16.8. The molecule has 0 amide bonds. The van der Waals surface area contributed by atoms with Crippen molar-refractivity contribution < 1.29 is 40.3 Å². The van der Waals surface area contributed by atoms with Gasteiger partial charge in [-0.3, -0.25) is 0 Å². The van der Waals surface area contributed by atoms with E-state index in [0.29, 0.717) is 35.3 Å². The lowest BCUT2D eigenvalue weighted by molar-refractivity contribution is -0.137. The summed E-state index contributed by atoms with van der Waals surface area (Å²) in [7, 11) is -9.19. The molecular formula is C20H18F3N4O6PS2. The summed E-state index contributed by atoms with van der Waals surface area (Å²) in [5.41, 5.74) is -1.51. The minimum Gasteiger partial charge on any atom is -0.494 e. The Bertz CT molecular complexity index is 1420. The molecule has 1 heterocycles. The number of alkyl halides is 3. The zero-order chi connectivity index (χ0) is 26.6. The summed E-state index contributed by atoms with van der Waals surface area (Å²) in [5.74, 6) is -0.0427. The van der Waals surface area contributed by atoms with Crippen LogP contribution < -0.4 is 14.0 Å². The highest BCUT2D eigenvalue weighted by molar-refractivity contribution is 7.91. The number of aromatic nitrogens is 2. The van der Waals surface area contributed by atoms with Crippen molar-refractivity contribution in [3.8, 4) is 28.1 Å². The molecule has 0 fully saturated rings. The Hall–Kier alpha value is -3.02. The average Bonchev–Trinajstić information content (AvgIpc) is 3.33. The monoisotopic (exact) mass is 562 g/mol. The third-order valence-electron chi connectivity index (χ3n) is 4.33. The number of hydrogen-bond donors (Lipinski definition) is 2. The van der Waals surface area contributed by atoms with Gasteiger partial charge in [0.05, 0.1) is 23.8 Å². The fourth-order valence-corrected chi connectivity index (χ4v) is 6.23. The number of rotatable bonds is 10. The highest BCUT2D eigenvalue weighted by Gasteiger charge is 2.35. The van der Waals surface area contributed by atoms with Gasteiger partial charge >= 0.3 is 13.8 Å². The molecule has 16 heteroatoms. The molecule has 192 valence electrons. The third-order valence-corrected chi connectivity index (χ3v) is 8.34. The van der Waals surface area contributed by atoms with Gasteiger partial charge in [0, 0.05) is 5.56 Å². The number of ether oxygens (including phenoxy) is 1. The molecule has 2 aromatic carbocycles. The van der Waals surface area contributed by atoms with Crippen molar-refractivity contribution in [3.63, 3.8) is 0 Å². The van der Waals surface area contributed by atoms with Crippen molar-refractivity contribution in [3.05, 3.63) is 53.6 Å². The maximum atomic E-state index is 13.1. The highest BCUT2D eigenvalue weighted by atomic mass is 32.2. The second kappa shape index (κ2) is 10.9. The molecule has 1 atom stereocenters. The first kappa shape index (κ1) is 27.6. The lowest BCUT2D eigenvalue weighted by Crippen LogP contribution is -2.25. The first-order valence-electron chi connectivity index (χ1n) is 10.0. The van der Waals surface area contributed by atoms with Crippen LogP contribution in [0.4, 0.5) is 13.2 Å². The number of nitriles is 1. The molecule has 1 unspecified atom stereocenters. The quantitative estimate of drug-likeness (QED) is 0.343. The Morgan fingerprint density at radius 2 is 1.83 bits per heavy atom. The number of hydrogen-bond acceptors (Lipinski definition) is 9. The Labute approximate surface area is 207 Å². The van der Waals surface area contributed by atoms with Crippen LogP contribution in [0.25, 0.3) is 10.6 Å². The zero-order valence-corrected chi connectivity index (χ0v) is 20.9. The smallest absolute Gasteiger partial charge is 0.417 e. The molecule has 0 aliphatic heterocycles. The van der Waals surface area contributed by atoms with E-state index in [2.05, 4.69) is 10.2 Å². The van der Waals surface area contributed by atoms with Crippen molar-refractivity contribution in [2.45, 2.75) is 23.9 Å². The Balaban J connectivity index is 1.69. The summed E-state index contributed by atoms with van der Waals surface area (Å²) in [6, 6.07) is 10.1. The van der Waals surface area contributed by atoms with E-state index in [4.69, 9.17) is 14.5 Å². The van der Waals surface area contributed by atoms with E-state index in [1.165, 1.54) is 6.07 Å². The number of nitrogens with zero attached hydrogens (tertiary/aromatic N) is 3. The summed E-state index contributed by atoms with van der Waals surface area (Å²) in [4.78, 5) is 9.98. The minimum absolute atomic E-state index is 0.262. The van der Waals surface area contributed by atoms with Crippen molar-refractivity contribution in [2.24, 2.45) is 0 Å². The topological polar surface area (TPSA) is 152 Å². The summed E-state index contributed by atoms with van der Waals surface area (Å²) >= 11 is 0.699. The lowest BCUT2D eigenvalue weighted by Gasteiger charge is -2.15. The molecule has 0 radical (unpaired) electrons. The summed E-state index contributed by atoms with van der Waals surface area (Å²) in [5, 5.41) is 16.5. The molecule has 0 bridgehead atoms. The van der Waals surface area contributed by atoms with Crippen molar-refractivity contribution in [2.75, 3.05) is 12.9 Å².